The van der Waals surface area contributed by atoms with Crippen molar-refractivity contribution in [3.05, 3.63) is 41.7 Å². The fraction of sp³-hybridized carbons (Fsp3) is 0.471. The van der Waals surface area contributed by atoms with Gasteiger partial charge in [-0.05, 0) is 44.5 Å². The molecule has 1 aliphatic rings. The maximum atomic E-state index is 14.1. The van der Waals surface area contributed by atoms with E-state index in [1.165, 1.54) is 24.4 Å². The molecule has 0 spiro atoms. The van der Waals surface area contributed by atoms with Crippen LogP contribution in [0.4, 0.5) is 8.78 Å². The third-order valence-corrected chi connectivity index (χ3v) is 4.35. The van der Waals surface area contributed by atoms with Crippen molar-refractivity contribution >= 4 is 0 Å². The Bertz CT molecular complexity index is 616. The summed E-state index contributed by atoms with van der Waals surface area (Å²) in [4.78, 5) is 2.41. The highest BCUT2D eigenvalue weighted by Crippen LogP contribution is 2.35. The molecule has 1 atom stereocenters. The molecular weight excluding hydrogens is 284 g/mol. The number of rotatable bonds is 4. The van der Waals surface area contributed by atoms with Gasteiger partial charge in [0, 0.05) is 23.7 Å². The van der Waals surface area contributed by atoms with Gasteiger partial charge >= 0.3 is 0 Å². The third-order valence-electron chi connectivity index (χ3n) is 4.35. The Kier molecular flexibility index (Phi) is 4.52. The lowest BCUT2D eigenvalue weighted by atomic mass is 9.90. The van der Waals surface area contributed by atoms with E-state index in [0.29, 0.717) is 5.56 Å². The van der Waals surface area contributed by atoms with E-state index < -0.39 is 11.6 Å². The predicted octanol–water partition coefficient (Wildman–Crippen LogP) is 3.94. The Labute approximate surface area is 129 Å². The molecule has 5 heteroatoms. The van der Waals surface area contributed by atoms with E-state index in [1.807, 2.05) is 0 Å². The van der Waals surface area contributed by atoms with Crippen LogP contribution in [0.5, 0.6) is 0 Å². The predicted molar refractivity (Wildman–Crippen MR) is 82.6 cm³/mol. The summed E-state index contributed by atoms with van der Waals surface area (Å²) in [7, 11) is 0. The number of H-pyrrole nitrogens is 1. The van der Waals surface area contributed by atoms with Crippen LogP contribution in [0.2, 0.25) is 0 Å². The second kappa shape index (κ2) is 6.57. The first-order valence-corrected chi connectivity index (χ1v) is 7.90. The molecule has 0 bridgehead atoms. The molecule has 22 heavy (non-hydrogen) atoms. The molecule has 3 rings (SSSR count). The summed E-state index contributed by atoms with van der Waals surface area (Å²) in [5.41, 5.74) is 1.43. The van der Waals surface area contributed by atoms with E-state index in [4.69, 9.17) is 0 Å². The summed E-state index contributed by atoms with van der Waals surface area (Å²) < 4.78 is 28.1. The van der Waals surface area contributed by atoms with Crippen LogP contribution in [-0.4, -0.2) is 34.7 Å². The number of nitrogens with zero attached hydrogens (tertiary/aromatic N) is 2. The SMILES string of the molecule is CCCN1CCC[C@H](c2[nH]ncc2-c2c(F)cccc2F)C1. The minimum absolute atomic E-state index is 0.0267. The quantitative estimate of drug-likeness (QED) is 0.927. The lowest BCUT2D eigenvalue weighted by Crippen LogP contribution is -2.35. The minimum atomic E-state index is -0.538. The van der Waals surface area contributed by atoms with Crippen molar-refractivity contribution < 1.29 is 8.78 Å². The maximum absolute atomic E-state index is 14.1. The molecule has 0 radical (unpaired) electrons. The highest BCUT2D eigenvalue weighted by molar-refractivity contribution is 5.67. The number of piperidine rings is 1. The van der Waals surface area contributed by atoms with Crippen molar-refractivity contribution in [3.63, 3.8) is 0 Å². The molecule has 2 aromatic rings. The molecule has 0 aliphatic carbocycles. The van der Waals surface area contributed by atoms with Crippen LogP contribution in [0.25, 0.3) is 11.1 Å². The van der Waals surface area contributed by atoms with E-state index in [2.05, 4.69) is 22.0 Å². The molecule has 1 N–H and O–H groups in total. The van der Waals surface area contributed by atoms with Gasteiger partial charge in [-0.2, -0.15) is 5.10 Å². The molecule has 1 aromatic heterocycles. The molecule has 2 heterocycles. The normalized spacial score (nSPS) is 19.5. The lowest BCUT2D eigenvalue weighted by molar-refractivity contribution is 0.207. The number of hydrogen-bond donors (Lipinski definition) is 1. The van der Waals surface area contributed by atoms with Crippen LogP contribution in [0.1, 0.15) is 37.8 Å². The van der Waals surface area contributed by atoms with E-state index in [9.17, 15) is 8.78 Å². The largest absolute Gasteiger partial charge is 0.303 e. The van der Waals surface area contributed by atoms with Crippen molar-refractivity contribution in [1.82, 2.24) is 15.1 Å². The van der Waals surface area contributed by atoms with Gasteiger partial charge in [0.15, 0.2) is 0 Å². The minimum Gasteiger partial charge on any atom is -0.303 e. The molecular formula is C17H21F2N3. The number of aromatic nitrogens is 2. The number of aromatic amines is 1. The second-order valence-corrected chi connectivity index (χ2v) is 5.93. The topological polar surface area (TPSA) is 31.9 Å². The lowest BCUT2D eigenvalue weighted by Gasteiger charge is -2.32. The maximum Gasteiger partial charge on any atom is 0.134 e. The third kappa shape index (κ3) is 2.90. The zero-order valence-electron chi connectivity index (χ0n) is 12.8. The van der Waals surface area contributed by atoms with E-state index >= 15 is 0 Å². The zero-order valence-corrected chi connectivity index (χ0v) is 12.8. The van der Waals surface area contributed by atoms with Crippen molar-refractivity contribution in [2.45, 2.75) is 32.1 Å². The van der Waals surface area contributed by atoms with Crippen LogP contribution in [0.3, 0.4) is 0 Å². The summed E-state index contributed by atoms with van der Waals surface area (Å²) in [5, 5.41) is 7.03. The Morgan fingerprint density at radius 1 is 1.32 bits per heavy atom. The van der Waals surface area contributed by atoms with Gasteiger partial charge in [-0.15, -0.1) is 0 Å². The molecule has 1 aliphatic heterocycles. The summed E-state index contributed by atoms with van der Waals surface area (Å²) >= 11 is 0. The van der Waals surface area contributed by atoms with Crippen LogP contribution in [-0.2, 0) is 0 Å². The Balaban J connectivity index is 1.92. The first-order chi connectivity index (χ1) is 10.7. The van der Waals surface area contributed by atoms with Gasteiger partial charge in [0.05, 0.1) is 11.8 Å². The molecule has 118 valence electrons. The first kappa shape index (κ1) is 15.2. The summed E-state index contributed by atoms with van der Waals surface area (Å²) in [6.07, 6.45) is 4.77. The van der Waals surface area contributed by atoms with Gasteiger partial charge in [-0.25, -0.2) is 8.78 Å². The van der Waals surface area contributed by atoms with Gasteiger partial charge in [-0.1, -0.05) is 13.0 Å². The van der Waals surface area contributed by atoms with E-state index in [-0.39, 0.29) is 11.5 Å². The van der Waals surface area contributed by atoms with Crippen molar-refractivity contribution in [1.29, 1.82) is 0 Å². The smallest absolute Gasteiger partial charge is 0.134 e. The number of hydrogen-bond acceptors (Lipinski definition) is 2. The summed E-state index contributed by atoms with van der Waals surface area (Å²) in [5.74, 6) is -0.829. The summed E-state index contributed by atoms with van der Waals surface area (Å²) in [6, 6.07) is 3.97. The fourth-order valence-electron chi connectivity index (χ4n) is 3.37. The highest BCUT2D eigenvalue weighted by Gasteiger charge is 2.26. The molecule has 1 fully saturated rings. The van der Waals surface area contributed by atoms with Crippen molar-refractivity contribution in [2.75, 3.05) is 19.6 Å². The number of halogens is 2. The Morgan fingerprint density at radius 2 is 2.09 bits per heavy atom. The fourth-order valence-corrected chi connectivity index (χ4v) is 3.37. The van der Waals surface area contributed by atoms with Gasteiger partial charge < -0.3 is 4.90 Å². The molecule has 0 saturated carbocycles. The molecule has 3 nitrogen and oxygen atoms in total. The summed E-state index contributed by atoms with van der Waals surface area (Å²) in [6.45, 7) is 5.25. The van der Waals surface area contributed by atoms with Gasteiger partial charge in [0.25, 0.3) is 0 Å². The molecule has 0 amide bonds. The molecule has 1 aromatic carbocycles. The standard InChI is InChI=1S/C17H21F2N3/c1-2-8-22-9-4-5-12(11-22)17-13(10-20-21-17)16-14(18)6-3-7-15(16)19/h3,6-7,10,12H,2,4-5,8-9,11H2,1H3,(H,20,21)/t12-/m0/s1. The monoisotopic (exact) mass is 305 g/mol. The number of benzene rings is 1. The average molecular weight is 305 g/mol. The van der Waals surface area contributed by atoms with Gasteiger partial charge in [0.2, 0.25) is 0 Å². The average Bonchev–Trinajstić information content (AvgIpc) is 2.97. The zero-order chi connectivity index (χ0) is 15.5. The van der Waals surface area contributed by atoms with Crippen LogP contribution in [0, 0.1) is 11.6 Å². The van der Waals surface area contributed by atoms with Crippen LogP contribution < -0.4 is 0 Å². The van der Waals surface area contributed by atoms with Crippen molar-refractivity contribution in [3.8, 4) is 11.1 Å². The number of likely N-dealkylation sites (tertiary alicyclic amines) is 1. The van der Waals surface area contributed by atoms with Gasteiger partial charge in [0.1, 0.15) is 11.6 Å². The second-order valence-electron chi connectivity index (χ2n) is 5.93. The molecule has 1 saturated heterocycles. The van der Waals surface area contributed by atoms with Gasteiger partial charge in [-0.3, -0.25) is 5.10 Å². The van der Waals surface area contributed by atoms with Crippen LogP contribution >= 0.6 is 0 Å². The number of nitrogens with one attached hydrogen (secondary N) is 1. The first-order valence-electron chi connectivity index (χ1n) is 7.90. The van der Waals surface area contributed by atoms with Crippen molar-refractivity contribution in [2.24, 2.45) is 0 Å². The highest BCUT2D eigenvalue weighted by atomic mass is 19.1. The van der Waals surface area contributed by atoms with E-state index in [1.54, 1.807) is 0 Å². The van der Waals surface area contributed by atoms with E-state index in [0.717, 1.165) is 44.6 Å². The van der Waals surface area contributed by atoms with Crippen LogP contribution in [0.15, 0.2) is 24.4 Å². The molecule has 0 unspecified atom stereocenters. The Hall–Kier alpha value is -1.75. The Morgan fingerprint density at radius 3 is 2.82 bits per heavy atom.